The van der Waals surface area contributed by atoms with Crippen molar-refractivity contribution in [3.05, 3.63) is 54.7 Å². The second kappa shape index (κ2) is 4.45. The minimum absolute atomic E-state index is 0.822. The Kier molecular flexibility index (Phi) is 2.65. The molecule has 0 atom stereocenters. The molecule has 0 N–H and O–H groups in total. The van der Waals surface area contributed by atoms with Gasteiger partial charge in [-0.1, -0.05) is 24.3 Å². The van der Waals surface area contributed by atoms with Crippen LogP contribution in [0, 0.1) is 0 Å². The molecule has 0 aliphatic carbocycles. The first-order valence-electron chi connectivity index (χ1n) is 5.73. The third-order valence-corrected chi connectivity index (χ3v) is 2.81. The minimum atomic E-state index is 0.822. The summed E-state index contributed by atoms with van der Waals surface area (Å²) in [6.45, 7) is 0. The van der Waals surface area contributed by atoms with E-state index < -0.39 is 0 Å². The first kappa shape index (κ1) is 10.7. The van der Waals surface area contributed by atoms with Crippen molar-refractivity contribution in [2.24, 2.45) is 0 Å². The van der Waals surface area contributed by atoms with Crippen LogP contribution in [-0.2, 0) is 0 Å². The lowest BCUT2D eigenvalue weighted by Crippen LogP contribution is -1.89. The van der Waals surface area contributed by atoms with Crippen LogP contribution in [0.15, 0.2) is 54.7 Å². The number of hydrogen-bond acceptors (Lipinski definition) is 3. The first-order chi connectivity index (χ1) is 8.86. The molecule has 0 aliphatic heterocycles. The minimum Gasteiger partial charge on any atom is -0.497 e. The summed E-state index contributed by atoms with van der Waals surface area (Å²) >= 11 is 0. The van der Waals surface area contributed by atoms with Crippen molar-refractivity contribution in [1.82, 2.24) is 9.97 Å². The van der Waals surface area contributed by atoms with E-state index >= 15 is 0 Å². The van der Waals surface area contributed by atoms with Crippen molar-refractivity contribution in [3.63, 3.8) is 0 Å². The van der Waals surface area contributed by atoms with Gasteiger partial charge in [0, 0.05) is 5.56 Å². The van der Waals surface area contributed by atoms with Gasteiger partial charge in [-0.05, 0) is 24.3 Å². The highest BCUT2D eigenvalue weighted by Crippen LogP contribution is 2.22. The van der Waals surface area contributed by atoms with Gasteiger partial charge < -0.3 is 4.74 Å². The van der Waals surface area contributed by atoms with Crippen molar-refractivity contribution < 1.29 is 4.74 Å². The van der Waals surface area contributed by atoms with Crippen LogP contribution in [0.1, 0.15) is 0 Å². The van der Waals surface area contributed by atoms with E-state index in [2.05, 4.69) is 9.97 Å². The van der Waals surface area contributed by atoms with Crippen LogP contribution < -0.4 is 4.74 Å². The average molecular weight is 236 g/mol. The topological polar surface area (TPSA) is 35.0 Å². The van der Waals surface area contributed by atoms with Crippen molar-refractivity contribution in [3.8, 4) is 17.0 Å². The Morgan fingerprint density at radius 2 is 1.78 bits per heavy atom. The number of aromatic nitrogens is 2. The monoisotopic (exact) mass is 236 g/mol. The van der Waals surface area contributed by atoms with Crippen molar-refractivity contribution in [2.45, 2.75) is 0 Å². The molecule has 18 heavy (non-hydrogen) atoms. The van der Waals surface area contributed by atoms with Crippen LogP contribution in [-0.4, -0.2) is 17.1 Å². The summed E-state index contributed by atoms with van der Waals surface area (Å²) in [4.78, 5) is 9.01. The van der Waals surface area contributed by atoms with E-state index in [9.17, 15) is 0 Å². The quantitative estimate of drug-likeness (QED) is 0.684. The molecule has 0 aliphatic rings. The summed E-state index contributed by atoms with van der Waals surface area (Å²) in [6, 6.07) is 15.7. The smallest absolute Gasteiger partial charge is 0.119 e. The van der Waals surface area contributed by atoms with Crippen LogP contribution in [0.2, 0.25) is 0 Å². The first-order valence-corrected chi connectivity index (χ1v) is 5.73. The lowest BCUT2D eigenvalue weighted by Gasteiger charge is -2.04. The molecule has 0 saturated carbocycles. The second-order valence-electron chi connectivity index (χ2n) is 3.98. The van der Waals surface area contributed by atoms with Gasteiger partial charge in [0.2, 0.25) is 0 Å². The highest BCUT2D eigenvalue weighted by atomic mass is 16.5. The van der Waals surface area contributed by atoms with Gasteiger partial charge in [0.1, 0.15) is 5.75 Å². The molecule has 3 heteroatoms. The van der Waals surface area contributed by atoms with E-state index in [1.807, 2.05) is 48.5 Å². The lowest BCUT2D eigenvalue weighted by atomic mass is 10.1. The van der Waals surface area contributed by atoms with Crippen molar-refractivity contribution in [2.75, 3.05) is 7.11 Å². The maximum Gasteiger partial charge on any atom is 0.119 e. The summed E-state index contributed by atoms with van der Waals surface area (Å²) in [7, 11) is 1.66. The van der Waals surface area contributed by atoms with E-state index in [-0.39, 0.29) is 0 Å². The standard InChI is InChI=1S/C15H12N2O/c1-18-12-6-4-5-11(9-12)15-10-16-13-7-2-3-8-14(13)17-15/h2-10H,1H3. The Balaban J connectivity index is 2.13. The van der Waals surface area contributed by atoms with E-state index in [1.165, 1.54) is 0 Å². The molecular weight excluding hydrogens is 224 g/mol. The van der Waals surface area contributed by atoms with E-state index in [0.717, 1.165) is 28.0 Å². The summed E-state index contributed by atoms with van der Waals surface area (Å²) in [6.07, 6.45) is 1.79. The number of fused-ring (bicyclic) bond motifs is 1. The summed E-state index contributed by atoms with van der Waals surface area (Å²) in [5, 5.41) is 0. The summed E-state index contributed by atoms with van der Waals surface area (Å²) in [5.74, 6) is 0.822. The molecule has 0 bridgehead atoms. The third kappa shape index (κ3) is 1.91. The van der Waals surface area contributed by atoms with Gasteiger partial charge in [0.25, 0.3) is 0 Å². The Morgan fingerprint density at radius 3 is 2.61 bits per heavy atom. The summed E-state index contributed by atoms with van der Waals surface area (Å²) < 4.78 is 5.22. The molecule has 1 heterocycles. The molecule has 0 spiro atoms. The Morgan fingerprint density at radius 1 is 0.944 bits per heavy atom. The zero-order valence-electron chi connectivity index (χ0n) is 10.00. The second-order valence-corrected chi connectivity index (χ2v) is 3.98. The Labute approximate surface area is 105 Å². The predicted molar refractivity (Wildman–Crippen MR) is 71.5 cm³/mol. The molecule has 3 rings (SSSR count). The van der Waals surface area contributed by atoms with Crippen LogP contribution in [0.4, 0.5) is 0 Å². The highest BCUT2D eigenvalue weighted by Gasteiger charge is 2.03. The van der Waals surface area contributed by atoms with Gasteiger partial charge in [0.15, 0.2) is 0 Å². The van der Waals surface area contributed by atoms with Crippen LogP contribution in [0.5, 0.6) is 5.75 Å². The fourth-order valence-electron chi connectivity index (χ4n) is 1.88. The van der Waals surface area contributed by atoms with Gasteiger partial charge in [-0.15, -0.1) is 0 Å². The SMILES string of the molecule is COc1cccc(-c2cnc3ccccc3n2)c1. The number of benzene rings is 2. The molecule has 2 aromatic carbocycles. The number of para-hydroxylation sites is 2. The van der Waals surface area contributed by atoms with Crippen LogP contribution in [0.3, 0.4) is 0 Å². The molecule has 0 saturated heterocycles. The fraction of sp³-hybridized carbons (Fsp3) is 0.0667. The van der Waals surface area contributed by atoms with Crippen molar-refractivity contribution >= 4 is 11.0 Å². The average Bonchev–Trinajstić information content (AvgIpc) is 2.47. The van der Waals surface area contributed by atoms with Gasteiger partial charge >= 0.3 is 0 Å². The normalized spacial score (nSPS) is 10.5. The molecular formula is C15H12N2O. The number of ether oxygens (including phenoxy) is 1. The zero-order valence-corrected chi connectivity index (χ0v) is 10.00. The van der Waals surface area contributed by atoms with Gasteiger partial charge in [0.05, 0.1) is 30.0 Å². The Bertz CT molecular complexity index is 695. The molecule has 88 valence electrons. The maximum absolute atomic E-state index is 5.22. The van der Waals surface area contributed by atoms with Gasteiger partial charge in [-0.25, -0.2) is 4.98 Å². The van der Waals surface area contributed by atoms with E-state index in [0.29, 0.717) is 0 Å². The van der Waals surface area contributed by atoms with Crippen LogP contribution >= 0.6 is 0 Å². The summed E-state index contributed by atoms with van der Waals surface area (Å²) in [5.41, 5.74) is 3.67. The molecule has 0 radical (unpaired) electrons. The zero-order chi connectivity index (χ0) is 12.4. The molecule has 0 fully saturated rings. The lowest BCUT2D eigenvalue weighted by molar-refractivity contribution is 0.415. The fourth-order valence-corrected chi connectivity index (χ4v) is 1.88. The number of hydrogen-bond donors (Lipinski definition) is 0. The largest absolute Gasteiger partial charge is 0.497 e. The molecule has 3 nitrogen and oxygen atoms in total. The molecule has 3 aromatic rings. The maximum atomic E-state index is 5.22. The third-order valence-electron chi connectivity index (χ3n) is 2.81. The van der Waals surface area contributed by atoms with Gasteiger partial charge in [-0.2, -0.15) is 0 Å². The highest BCUT2D eigenvalue weighted by molar-refractivity contribution is 5.77. The Hall–Kier alpha value is -2.42. The number of rotatable bonds is 2. The van der Waals surface area contributed by atoms with E-state index in [4.69, 9.17) is 4.74 Å². The van der Waals surface area contributed by atoms with Crippen molar-refractivity contribution in [1.29, 1.82) is 0 Å². The van der Waals surface area contributed by atoms with Crippen LogP contribution in [0.25, 0.3) is 22.3 Å². The number of methoxy groups -OCH3 is 1. The van der Waals surface area contributed by atoms with E-state index in [1.54, 1.807) is 13.3 Å². The predicted octanol–water partition coefficient (Wildman–Crippen LogP) is 3.31. The molecule has 1 aromatic heterocycles. The number of nitrogens with zero attached hydrogens (tertiary/aromatic N) is 2. The molecule has 0 amide bonds. The molecule has 0 unspecified atom stereocenters. The van der Waals surface area contributed by atoms with Gasteiger partial charge in [-0.3, -0.25) is 4.98 Å².